The van der Waals surface area contributed by atoms with Gasteiger partial charge >= 0.3 is 6.09 Å². The van der Waals surface area contributed by atoms with Gasteiger partial charge in [0.05, 0.1) is 12.6 Å². The van der Waals surface area contributed by atoms with Crippen LogP contribution in [0.15, 0.2) is 84.9 Å². The van der Waals surface area contributed by atoms with Crippen LogP contribution in [0.25, 0.3) is 10.8 Å². The largest absolute Gasteiger partial charge is 0.488 e. The molecule has 2 unspecified atom stereocenters. The van der Waals surface area contributed by atoms with Gasteiger partial charge in [0.2, 0.25) is 0 Å². The molecule has 0 aromatic heterocycles. The van der Waals surface area contributed by atoms with Crippen molar-refractivity contribution in [2.24, 2.45) is 0 Å². The van der Waals surface area contributed by atoms with E-state index >= 15 is 0 Å². The number of fused-ring (bicyclic) bond motifs is 2. The van der Waals surface area contributed by atoms with Gasteiger partial charge in [-0.3, -0.25) is 9.69 Å². The van der Waals surface area contributed by atoms with Crippen LogP contribution in [0.5, 0.6) is 5.75 Å². The third-order valence-electron chi connectivity index (χ3n) is 7.69. The quantitative estimate of drug-likeness (QED) is 0.233. The van der Waals surface area contributed by atoms with E-state index in [0.717, 1.165) is 45.1 Å². The Morgan fingerprint density at radius 3 is 2.52 bits per heavy atom. The smallest absolute Gasteiger partial charge is 0.410 e. The fourth-order valence-corrected chi connectivity index (χ4v) is 5.64. The van der Waals surface area contributed by atoms with Crippen molar-refractivity contribution in [3.8, 4) is 5.75 Å². The average Bonchev–Trinajstić information content (AvgIpc) is 2.94. The van der Waals surface area contributed by atoms with E-state index in [4.69, 9.17) is 9.47 Å². The van der Waals surface area contributed by atoms with Crippen LogP contribution in [0.4, 0.5) is 4.79 Å². The summed E-state index contributed by atoms with van der Waals surface area (Å²) in [6, 6.07) is 28.3. The summed E-state index contributed by atoms with van der Waals surface area (Å²) in [7, 11) is 0. The number of aryl methyl sites for hydroxylation is 1. The molecule has 5 rings (SSSR count). The van der Waals surface area contributed by atoms with Gasteiger partial charge < -0.3 is 9.47 Å². The Bertz CT molecular complexity index is 1530. The fraction of sp³-hybridized carbons (Fsp3) is 0.314. The number of rotatable bonds is 6. The molecular weight excluding hydrogens is 498 g/mol. The molecule has 0 N–H and O–H groups in total. The summed E-state index contributed by atoms with van der Waals surface area (Å²) in [5, 5.41) is 2.24. The zero-order valence-electron chi connectivity index (χ0n) is 23.9. The van der Waals surface area contributed by atoms with Crippen LogP contribution in [0, 0.1) is 6.92 Å². The number of nitrogens with zero attached hydrogens (tertiary/aromatic N) is 1. The van der Waals surface area contributed by atoms with Gasteiger partial charge in [0, 0.05) is 17.0 Å². The van der Waals surface area contributed by atoms with Gasteiger partial charge in [0.1, 0.15) is 23.7 Å². The van der Waals surface area contributed by atoms with Crippen molar-refractivity contribution in [1.82, 2.24) is 4.90 Å². The van der Waals surface area contributed by atoms with E-state index in [9.17, 15) is 9.59 Å². The van der Waals surface area contributed by atoms with Crippen molar-refractivity contribution < 1.29 is 19.1 Å². The molecular formula is C35H37NO4. The molecule has 206 valence electrons. The lowest BCUT2D eigenvalue weighted by atomic mass is 9.83. The Labute approximate surface area is 236 Å². The first-order valence-electron chi connectivity index (χ1n) is 13.9. The molecule has 0 spiro atoms. The number of amides is 1. The van der Waals surface area contributed by atoms with E-state index in [1.54, 1.807) is 4.90 Å². The van der Waals surface area contributed by atoms with Crippen molar-refractivity contribution in [1.29, 1.82) is 0 Å². The first kappa shape index (κ1) is 27.4. The lowest BCUT2D eigenvalue weighted by molar-refractivity contribution is 0.00570. The second kappa shape index (κ2) is 11.2. The highest BCUT2D eigenvalue weighted by Crippen LogP contribution is 2.41. The molecule has 4 aromatic rings. The normalized spacial score (nSPS) is 17.4. The molecule has 1 aliphatic heterocycles. The van der Waals surface area contributed by atoms with E-state index in [0.29, 0.717) is 18.5 Å². The van der Waals surface area contributed by atoms with Gasteiger partial charge in [-0.1, -0.05) is 72.8 Å². The van der Waals surface area contributed by atoms with Crippen LogP contribution in [-0.4, -0.2) is 35.5 Å². The van der Waals surface area contributed by atoms with Crippen molar-refractivity contribution in [2.45, 2.75) is 64.7 Å². The number of carbonyl (C=O) groups excluding carboxylic acids is 2. The number of aldehydes is 1. The molecule has 4 aromatic carbocycles. The lowest BCUT2D eigenvalue weighted by Gasteiger charge is -2.38. The maximum atomic E-state index is 13.7. The average molecular weight is 536 g/mol. The second-order valence-electron chi connectivity index (χ2n) is 11.7. The van der Waals surface area contributed by atoms with Gasteiger partial charge in [-0.15, -0.1) is 0 Å². The molecule has 5 heteroatoms. The van der Waals surface area contributed by atoms with Crippen LogP contribution >= 0.6 is 0 Å². The van der Waals surface area contributed by atoms with E-state index in [2.05, 4.69) is 43.3 Å². The third kappa shape index (κ3) is 5.74. The maximum absolute atomic E-state index is 13.7. The first-order valence-corrected chi connectivity index (χ1v) is 13.9. The van der Waals surface area contributed by atoms with Crippen LogP contribution in [-0.2, 0) is 4.74 Å². The van der Waals surface area contributed by atoms with E-state index in [1.807, 2.05) is 76.2 Å². The fourth-order valence-electron chi connectivity index (χ4n) is 5.64. The second-order valence-corrected chi connectivity index (χ2v) is 11.7. The van der Waals surface area contributed by atoms with E-state index in [1.165, 1.54) is 0 Å². The number of carbonyl (C=O) groups is 2. The molecule has 1 heterocycles. The highest BCUT2D eigenvalue weighted by atomic mass is 16.6. The number of ether oxygens (including phenoxy) is 2. The summed E-state index contributed by atoms with van der Waals surface area (Å²) in [5.41, 5.74) is 4.23. The number of benzene rings is 4. The number of hydrogen-bond acceptors (Lipinski definition) is 4. The van der Waals surface area contributed by atoms with E-state index < -0.39 is 5.60 Å². The zero-order chi connectivity index (χ0) is 28.4. The molecule has 0 aliphatic carbocycles. The SMILES string of the molecule is Cc1ccc(C2CC(CN(C(=O)OC(C)(C)C)[C@H](C)c3cccc4ccccc34)Oc3ccccc32)cc1C=O. The molecule has 1 amide bonds. The summed E-state index contributed by atoms with van der Waals surface area (Å²) >= 11 is 0. The third-order valence-corrected chi connectivity index (χ3v) is 7.69. The van der Waals surface area contributed by atoms with Crippen molar-refractivity contribution >= 4 is 23.2 Å². The van der Waals surface area contributed by atoms with Crippen LogP contribution in [0.2, 0.25) is 0 Å². The molecule has 3 atom stereocenters. The molecule has 0 bridgehead atoms. The summed E-state index contributed by atoms with van der Waals surface area (Å²) in [6.45, 7) is 10.0. The number of para-hydroxylation sites is 1. The molecule has 0 fully saturated rings. The minimum Gasteiger partial charge on any atom is -0.488 e. The van der Waals surface area contributed by atoms with Crippen molar-refractivity contribution in [3.05, 3.63) is 113 Å². The lowest BCUT2D eigenvalue weighted by Crippen LogP contribution is -2.45. The van der Waals surface area contributed by atoms with Gasteiger partial charge in [0.25, 0.3) is 0 Å². The molecule has 1 aliphatic rings. The standard InChI is InChI=1S/C35H37NO4/c1-23-17-18-26(19-27(23)22-37)32-20-28(39-33-16-9-8-14-31(32)33)21-36(34(38)40-35(3,4)5)24(2)29-15-10-12-25-11-6-7-13-30(25)29/h6-19,22,24,28,32H,20-21H2,1-5H3/t24-,28?,32?/m1/s1. The summed E-state index contributed by atoms with van der Waals surface area (Å²) < 4.78 is 12.4. The van der Waals surface area contributed by atoms with Crippen molar-refractivity contribution in [3.63, 3.8) is 0 Å². The van der Waals surface area contributed by atoms with Gasteiger partial charge in [0.15, 0.2) is 0 Å². The Morgan fingerprint density at radius 2 is 1.75 bits per heavy atom. The first-order chi connectivity index (χ1) is 19.1. The summed E-state index contributed by atoms with van der Waals surface area (Å²) in [4.78, 5) is 27.2. The van der Waals surface area contributed by atoms with Gasteiger partial charge in [-0.2, -0.15) is 0 Å². The molecule has 0 radical (unpaired) electrons. The topological polar surface area (TPSA) is 55.8 Å². The molecule has 0 saturated heterocycles. The minimum atomic E-state index is -0.635. The van der Waals surface area contributed by atoms with E-state index in [-0.39, 0.29) is 24.2 Å². The Morgan fingerprint density at radius 1 is 1.02 bits per heavy atom. The zero-order valence-corrected chi connectivity index (χ0v) is 23.9. The number of hydrogen-bond donors (Lipinski definition) is 0. The predicted octanol–water partition coefficient (Wildman–Crippen LogP) is 8.24. The predicted molar refractivity (Wildman–Crippen MR) is 159 cm³/mol. The maximum Gasteiger partial charge on any atom is 0.410 e. The van der Waals surface area contributed by atoms with Crippen molar-refractivity contribution in [2.75, 3.05) is 6.54 Å². The highest BCUT2D eigenvalue weighted by Gasteiger charge is 2.35. The van der Waals surface area contributed by atoms with Crippen LogP contribution in [0.1, 0.15) is 78.7 Å². The molecule has 0 saturated carbocycles. The Balaban J connectivity index is 1.51. The monoisotopic (exact) mass is 535 g/mol. The Hall–Kier alpha value is -4.12. The van der Waals surface area contributed by atoms with Gasteiger partial charge in [-0.25, -0.2) is 4.79 Å². The molecule has 5 nitrogen and oxygen atoms in total. The Kier molecular flexibility index (Phi) is 7.66. The molecule has 40 heavy (non-hydrogen) atoms. The van der Waals surface area contributed by atoms with Gasteiger partial charge in [-0.05, 0) is 80.6 Å². The van der Waals surface area contributed by atoms with Crippen LogP contribution < -0.4 is 4.74 Å². The van der Waals surface area contributed by atoms with Crippen LogP contribution in [0.3, 0.4) is 0 Å². The summed E-state index contributed by atoms with van der Waals surface area (Å²) in [5.74, 6) is 0.835. The highest BCUT2D eigenvalue weighted by molar-refractivity contribution is 5.86. The minimum absolute atomic E-state index is 0.0302. The summed E-state index contributed by atoms with van der Waals surface area (Å²) in [6.07, 6.45) is 0.939.